The number of carbonyl (C=O) groups is 1. The number of anilines is 2. The van der Waals surface area contributed by atoms with Gasteiger partial charge in [0.05, 0.1) is 23.1 Å². The molecule has 1 heterocycles. The van der Waals surface area contributed by atoms with Gasteiger partial charge in [0.25, 0.3) is 5.91 Å². The molecule has 0 saturated heterocycles. The number of hydrogen-bond donors (Lipinski definition) is 2. The standard InChI is InChI=1S/C22H20N4O/c23-15-18-10-4-5-11-20(18)26-19-12-13-21(25-16-19)22(27)24-14-6-9-17-7-2-1-3-8-17/h1-5,7-8,10-13,16,26H,6,9,14H2,(H,24,27). The Hall–Kier alpha value is -3.65. The van der Waals surface area contributed by atoms with Crippen LogP contribution in [0.25, 0.3) is 0 Å². The summed E-state index contributed by atoms with van der Waals surface area (Å²) in [5, 5.41) is 15.2. The normalized spacial score (nSPS) is 10.0. The largest absolute Gasteiger partial charge is 0.353 e. The SMILES string of the molecule is N#Cc1ccccc1Nc1ccc(C(=O)NCCCc2ccccc2)nc1. The zero-order valence-corrected chi connectivity index (χ0v) is 14.9. The van der Waals surface area contributed by atoms with E-state index in [2.05, 4.69) is 33.8 Å². The van der Waals surface area contributed by atoms with Crippen molar-refractivity contribution in [3.05, 3.63) is 89.7 Å². The molecule has 2 N–H and O–H groups in total. The number of rotatable bonds is 7. The summed E-state index contributed by atoms with van der Waals surface area (Å²) < 4.78 is 0. The van der Waals surface area contributed by atoms with E-state index >= 15 is 0 Å². The summed E-state index contributed by atoms with van der Waals surface area (Å²) in [6.45, 7) is 0.602. The third-order valence-electron chi connectivity index (χ3n) is 4.09. The van der Waals surface area contributed by atoms with Crippen LogP contribution in [0.4, 0.5) is 11.4 Å². The number of nitriles is 1. The summed E-state index contributed by atoms with van der Waals surface area (Å²) in [7, 11) is 0. The molecule has 1 aromatic heterocycles. The molecular weight excluding hydrogens is 336 g/mol. The maximum Gasteiger partial charge on any atom is 0.269 e. The zero-order valence-electron chi connectivity index (χ0n) is 14.9. The van der Waals surface area contributed by atoms with Crippen LogP contribution in [0.3, 0.4) is 0 Å². The zero-order chi connectivity index (χ0) is 18.9. The van der Waals surface area contributed by atoms with Gasteiger partial charge in [-0.25, -0.2) is 4.98 Å². The Morgan fingerprint density at radius 3 is 2.52 bits per heavy atom. The predicted octanol–water partition coefficient (Wildman–Crippen LogP) is 4.06. The van der Waals surface area contributed by atoms with Crippen molar-refractivity contribution in [3.63, 3.8) is 0 Å². The number of aryl methyl sites for hydroxylation is 1. The molecule has 0 unspecified atom stereocenters. The highest BCUT2D eigenvalue weighted by molar-refractivity contribution is 5.92. The van der Waals surface area contributed by atoms with E-state index in [-0.39, 0.29) is 5.91 Å². The Labute approximate surface area is 158 Å². The van der Waals surface area contributed by atoms with Crippen LogP contribution in [-0.4, -0.2) is 17.4 Å². The average Bonchev–Trinajstić information content (AvgIpc) is 2.73. The van der Waals surface area contributed by atoms with Gasteiger partial charge in [0.2, 0.25) is 0 Å². The number of amides is 1. The number of pyridine rings is 1. The summed E-state index contributed by atoms with van der Waals surface area (Å²) in [6.07, 6.45) is 3.39. The lowest BCUT2D eigenvalue weighted by molar-refractivity contribution is 0.0948. The lowest BCUT2D eigenvalue weighted by atomic mass is 10.1. The van der Waals surface area contributed by atoms with E-state index in [9.17, 15) is 4.79 Å². The second-order valence-electron chi connectivity index (χ2n) is 6.06. The molecule has 0 aliphatic rings. The minimum atomic E-state index is -0.188. The van der Waals surface area contributed by atoms with E-state index in [1.54, 1.807) is 24.4 Å². The fourth-order valence-corrected chi connectivity index (χ4v) is 2.68. The van der Waals surface area contributed by atoms with E-state index in [1.165, 1.54) is 5.56 Å². The van der Waals surface area contributed by atoms with Crippen molar-refractivity contribution in [1.29, 1.82) is 5.26 Å². The topological polar surface area (TPSA) is 77.8 Å². The van der Waals surface area contributed by atoms with E-state index in [4.69, 9.17) is 5.26 Å². The maximum atomic E-state index is 12.2. The van der Waals surface area contributed by atoms with E-state index in [1.807, 2.05) is 36.4 Å². The number of carbonyl (C=O) groups excluding carboxylic acids is 1. The van der Waals surface area contributed by atoms with Crippen molar-refractivity contribution in [2.24, 2.45) is 0 Å². The molecule has 5 nitrogen and oxygen atoms in total. The first kappa shape index (κ1) is 18.2. The van der Waals surface area contributed by atoms with Gasteiger partial charge in [-0.2, -0.15) is 5.26 Å². The highest BCUT2D eigenvalue weighted by atomic mass is 16.1. The second-order valence-corrected chi connectivity index (χ2v) is 6.06. The lowest BCUT2D eigenvalue weighted by Crippen LogP contribution is -2.25. The van der Waals surface area contributed by atoms with Crippen molar-refractivity contribution in [2.75, 3.05) is 11.9 Å². The Balaban J connectivity index is 1.50. The monoisotopic (exact) mass is 356 g/mol. The van der Waals surface area contributed by atoms with Crippen LogP contribution >= 0.6 is 0 Å². The molecule has 0 fully saturated rings. The molecule has 0 bridgehead atoms. The fraction of sp³-hybridized carbons (Fsp3) is 0.136. The Morgan fingerprint density at radius 2 is 1.78 bits per heavy atom. The summed E-state index contributed by atoms with van der Waals surface area (Å²) in [5.74, 6) is -0.188. The summed E-state index contributed by atoms with van der Waals surface area (Å²) in [5.41, 5.74) is 3.61. The molecule has 0 aliphatic heterocycles. The Kier molecular flexibility index (Phi) is 6.16. The van der Waals surface area contributed by atoms with Crippen molar-refractivity contribution in [1.82, 2.24) is 10.3 Å². The third kappa shape index (κ3) is 5.16. The van der Waals surface area contributed by atoms with Gasteiger partial charge in [-0.15, -0.1) is 0 Å². The first-order chi connectivity index (χ1) is 13.3. The van der Waals surface area contributed by atoms with Gasteiger partial charge in [-0.05, 0) is 42.7 Å². The van der Waals surface area contributed by atoms with Gasteiger partial charge in [-0.1, -0.05) is 42.5 Å². The smallest absolute Gasteiger partial charge is 0.269 e. The van der Waals surface area contributed by atoms with Crippen LogP contribution in [0, 0.1) is 11.3 Å². The van der Waals surface area contributed by atoms with Crippen LogP contribution < -0.4 is 10.6 Å². The second kappa shape index (κ2) is 9.16. The quantitative estimate of drug-likeness (QED) is 0.626. The van der Waals surface area contributed by atoms with Gasteiger partial charge in [0.1, 0.15) is 11.8 Å². The molecule has 0 spiro atoms. The molecule has 134 valence electrons. The molecule has 0 saturated carbocycles. The molecular formula is C22H20N4O. The molecule has 27 heavy (non-hydrogen) atoms. The minimum absolute atomic E-state index is 0.188. The molecule has 3 rings (SSSR count). The Bertz CT molecular complexity index is 931. The third-order valence-corrected chi connectivity index (χ3v) is 4.09. The number of nitrogens with zero attached hydrogens (tertiary/aromatic N) is 2. The first-order valence-corrected chi connectivity index (χ1v) is 8.80. The Morgan fingerprint density at radius 1 is 1.00 bits per heavy atom. The lowest BCUT2D eigenvalue weighted by Gasteiger charge is -2.09. The summed E-state index contributed by atoms with van der Waals surface area (Å²) in [4.78, 5) is 16.4. The molecule has 0 atom stereocenters. The van der Waals surface area contributed by atoms with Gasteiger partial charge < -0.3 is 10.6 Å². The van der Waals surface area contributed by atoms with Crippen molar-refractivity contribution in [3.8, 4) is 6.07 Å². The summed E-state index contributed by atoms with van der Waals surface area (Å²) >= 11 is 0. The maximum absolute atomic E-state index is 12.2. The number of hydrogen-bond acceptors (Lipinski definition) is 4. The highest BCUT2D eigenvalue weighted by Gasteiger charge is 2.07. The minimum Gasteiger partial charge on any atom is -0.353 e. The molecule has 3 aromatic rings. The molecule has 0 aliphatic carbocycles. The molecule has 5 heteroatoms. The van der Waals surface area contributed by atoms with E-state index in [0.29, 0.717) is 23.5 Å². The van der Waals surface area contributed by atoms with Crippen LogP contribution in [0.2, 0.25) is 0 Å². The average molecular weight is 356 g/mol. The summed E-state index contributed by atoms with van der Waals surface area (Å²) in [6, 6.07) is 23.0. The van der Waals surface area contributed by atoms with Crippen LogP contribution in [-0.2, 0) is 6.42 Å². The molecule has 2 aromatic carbocycles. The van der Waals surface area contributed by atoms with Crippen molar-refractivity contribution < 1.29 is 4.79 Å². The predicted molar refractivity (Wildman–Crippen MR) is 106 cm³/mol. The van der Waals surface area contributed by atoms with Gasteiger partial charge >= 0.3 is 0 Å². The fourth-order valence-electron chi connectivity index (χ4n) is 2.68. The van der Waals surface area contributed by atoms with Crippen LogP contribution in [0.5, 0.6) is 0 Å². The van der Waals surface area contributed by atoms with Crippen molar-refractivity contribution >= 4 is 17.3 Å². The van der Waals surface area contributed by atoms with Crippen LogP contribution in [0.1, 0.15) is 28.0 Å². The van der Waals surface area contributed by atoms with Gasteiger partial charge in [-0.3, -0.25) is 4.79 Å². The van der Waals surface area contributed by atoms with E-state index < -0.39 is 0 Å². The number of nitrogens with one attached hydrogen (secondary N) is 2. The van der Waals surface area contributed by atoms with Crippen molar-refractivity contribution in [2.45, 2.75) is 12.8 Å². The van der Waals surface area contributed by atoms with Gasteiger partial charge in [0, 0.05) is 6.54 Å². The van der Waals surface area contributed by atoms with Crippen LogP contribution in [0.15, 0.2) is 72.9 Å². The first-order valence-electron chi connectivity index (χ1n) is 8.80. The number of benzene rings is 2. The van der Waals surface area contributed by atoms with E-state index in [0.717, 1.165) is 18.5 Å². The molecule has 0 radical (unpaired) electrons. The highest BCUT2D eigenvalue weighted by Crippen LogP contribution is 2.19. The number of para-hydroxylation sites is 1. The molecule has 1 amide bonds. The van der Waals surface area contributed by atoms with Gasteiger partial charge in [0.15, 0.2) is 0 Å². The number of aromatic nitrogens is 1.